The summed E-state index contributed by atoms with van der Waals surface area (Å²) in [5, 5.41) is 5.05. The average Bonchev–Trinajstić information content (AvgIpc) is 3.43. The molecule has 0 saturated carbocycles. The molecule has 4 aromatic rings. The first-order valence-electron chi connectivity index (χ1n) is 16.2. The fourth-order valence-corrected chi connectivity index (χ4v) is 5.46. The van der Waals surface area contributed by atoms with Gasteiger partial charge >= 0.3 is 5.69 Å². The summed E-state index contributed by atoms with van der Waals surface area (Å²) in [6.45, 7) is 15.8. The van der Waals surface area contributed by atoms with Gasteiger partial charge in [-0.25, -0.2) is 4.79 Å². The molecule has 2 heterocycles. The van der Waals surface area contributed by atoms with Crippen molar-refractivity contribution in [3.8, 4) is 11.4 Å². The molecule has 4 rings (SSSR count). The lowest BCUT2D eigenvalue weighted by Crippen LogP contribution is -2.23. The second kappa shape index (κ2) is 16.8. The Morgan fingerprint density at radius 1 is 1.02 bits per heavy atom. The number of aromatic nitrogens is 3. The molecule has 2 aromatic carbocycles. The summed E-state index contributed by atoms with van der Waals surface area (Å²) in [7, 11) is 1.69. The first kappa shape index (κ1) is 37.6. The van der Waals surface area contributed by atoms with Crippen molar-refractivity contribution in [2.75, 3.05) is 26.7 Å². The van der Waals surface area contributed by atoms with Crippen molar-refractivity contribution in [3.63, 3.8) is 0 Å². The lowest BCUT2D eigenvalue weighted by Gasteiger charge is -2.23. The molecule has 0 unspecified atom stereocenters. The molecule has 10 nitrogen and oxygen atoms in total. The number of nitrogens with one attached hydrogen (secondary N) is 2. The molecule has 8 N–H and O–H groups in total. The van der Waals surface area contributed by atoms with Crippen LogP contribution >= 0.6 is 11.6 Å². The summed E-state index contributed by atoms with van der Waals surface area (Å²) in [5.41, 5.74) is 21.8. The van der Waals surface area contributed by atoms with Gasteiger partial charge in [0.1, 0.15) is 11.4 Å². The molecule has 47 heavy (non-hydrogen) atoms. The Bertz CT molecular complexity index is 1670. The predicted octanol–water partition coefficient (Wildman–Crippen LogP) is 5.69. The Morgan fingerprint density at radius 2 is 1.72 bits per heavy atom. The maximum atomic E-state index is 12.5. The third kappa shape index (κ3) is 11.1. The van der Waals surface area contributed by atoms with Crippen LogP contribution < -0.4 is 32.9 Å². The van der Waals surface area contributed by atoms with Crippen LogP contribution in [0.2, 0.25) is 5.02 Å². The molecule has 0 radical (unpaired) electrons. The van der Waals surface area contributed by atoms with E-state index in [2.05, 4.69) is 74.0 Å². The molecular formula is C36H53ClN8O2. The Hall–Kier alpha value is -3.86. The van der Waals surface area contributed by atoms with Gasteiger partial charge in [-0.2, -0.15) is 4.98 Å². The van der Waals surface area contributed by atoms with Crippen molar-refractivity contribution < 1.29 is 4.74 Å². The number of halogens is 1. The topological polar surface area (TPSA) is 162 Å². The van der Waals surface area contributed by atoms with Crippen LogP contribution in [0.4, 0.5) is 0 Å². The number of methoxy groups -OCH3 is 1. The molecule has 0 aliphatic carbocycles. The number of ether oxygens (including phenoxy) is 1. The van der Waals surface area contributed by atoms with Gasteiger partial charge in [-0.15, -0.1) is 0 Å². The molecular weight excluding hydrogens is 612 g/mol. The molecule has 0 fully saturated rings. The number of nitrogens with zero attached hydrogens (tertiary/aromatic N) is 3. The molecule has 256 valence electrons. The molecule has 11 heteroatoms. The largest absolute Gasteiger partial charge is 0.496 e. The number of H-pyrrole nitrogens is 1. The summed E-state index contributed by atoms with van der Waals surface area (Å²) in [6, 6.07) is 14.0. The van der Waals surface area contributed by atoms with E-state index >= 15 is 0 Å². The Morgan fingerprint density at radius 3 is 2.32 bits per heavy atom. The van der Waals surface area contributed by atoms with Crippen molar-refractivity contribution >= 4 is 28.6 Å². The number of guanidine groups is 1. The first-order valence-corrected chi connectivity index (χ1v) is 16.6. The van der Waals surface area contributed by atoms with E-state index in [1.165, 1.54) is 11.1 Å². The summed E-state index contributed by atoms with van der Waals surface area (Å²) in [6.07, 6.45) is 5.81. The van der Waals surface area contributed by atoms with Gasteiger partial charge in [-0.1, -0.05) is 71.3 Å². The Labute approximate surface area is 284 Å². The third-order valence-electron chi connectivity index (χ3n) is 7.74. The lowest BCUT2D eigenvalue weighted by molar-refractivity contribution is 0.408. The molecule has 0 bridgehead atoms. The van der Waals surface area contributed by atoms with Crippen molar-refractivity contribution in [3.05, 3.63) is 86.6 Å². The predicted molar refractivity (Wildman–Crippen MR) is 196 cm³/mol. The van der Waals surface area contributed by atoms with Crippen LogP contribution in [0, 0.1) is 0 Å². The number of unbranched alkanes of at least 4 members (excludes halogenated alkanes) is 1. The number of hydrogen-bond acceptors (Lipinski definition) is 6. The van der Waals surface area contributed by atoms with E-state index in [9.17, 15) is 4.79 Å². The fourth-order valence-electron chi connectivity index (χ4n) is 5.02. The van der Waals surface area contributed by atoms with Crippen LogP contribution in [0.3, 0.4) is 0 Å². The molecule has 0 aliphatic heterocycles. The zero-order valence-corrected chi connectivity index (χ0v) is 29.8. The van der Waals surface area contributed by atoms with E-state index in [0.29, 0.717) is 12.2 Å². The minimum Gasteiger partial charge on any atom is -0.496 e. The number of aromatic amines is 1. The van der Waals surface area contributed by atoms with E-state index in [-0.39, 0.29) is 22.5 Å². The van der Waals surface area contributed by atoms with Crippen molar-refractivity contribution in [2.24, 2.45) is 22.2 Å². The number of aliphatic imine (C=N–C) groups is 1. The van der Waals surface area contributed by atoms with E-state index in [4.69, 9.17) is 33.5 Å². The van der Waals surface area contributed by atoms with Gasteiger partial charge in [0, 0.05) is 40.8 Å². The SMILES string of the molecule is CC(C)(C)c1cc2cn(-c3ccc(CNCCCN=C(N)N)cc3)c(=O)nc2[nH]1.COc1cc(Cl)c(C(C)(C)C)cc1CCCCN. The first-order chi connectivity index (χ1) is 22.1. The van der Waals surface area contributed by atoms with Crippen LogP contribution in [0.15, 0.2) is 58.4 Å². The summed E-state index contributed by atoms with van der Waals surface area (Å²) in [5.74, 6) is 1.00. The summed E-state index contributed by atoms with van der Waals surface area (Å²) >= 11 is 6.33. The van der Waals surface area contributed by atoms with E-state index in [0.717, 1.165) is 78.4 Å². The number of rotatable bonds is 12. The number of nitrogens with two attached hydrogens (primary N) is 3. The summed E-state index contributed by atoms with van der Waals surface area (Å²) in [4.78, 5) is 23.9. The van der Waals surface area contributed by atoms with Crippen LogP contribution in [0.1, 0.15) is 83.2 Å². The molecule has 0 saturated heterocycles. The third-order valence-corrected chi connectivity index (χ3v) is 8.06. The summed E-state index contributed by atoms with van der Waals surface area (Å²) < 4.78 is 6.99. The van der Waals surface area contributed by atoms with Crippen LogP contribution in [-0.4, -0.2) is 47.2 Å². The maximum Gasteiger partial charge on any atom is 0.354 e. The number of aryl methyl sites for hydroxylation is 1. The van der Waals surface area contributed by atoms with Gasteiger partial charge in [0.05, 0.1) is 12.8 Å². The van der Waals surface area contributed by atoms with E-state index in [1.807, 2.05) is 36.5 Å². The van der Waals surface area contributed by atoms with Gasteiger partial charge in [0.25, 0.3) is 0 Å². The Kier molecular flexibility index (Phi) is 13.4. The highest BCUT2D eigenvalue weighted by atomic mass is 35.5. The highest BCUT2D eigenvalue weighted by Crippen LogP contribution is 2.35. The van der Waals surface area contributed by atoms with Gasteiger partial charge in [0.15, 0.2) is 5.96 Å². The molecule has 0 spiro atoms. The van der Waals surface area contributed by atoms with Crippen molar-refractivity contribution in [1.82, 2.24) is 19.9 Å². The van der Waals surface area contributed by atoms with Crippen LogP contribution in [0.5, 0.6) is 5.75 Å². The Balaban J connectivity index is 0.000000287. The fraction of sp³-hybridized carbons (Fsp3) is 0.472. The van der Waals surface area contributed by atoms with Gasteiger partial charge in [0.2, 0.25) is 0 Å². The number of fused-ring (bicyclic) bond motifs is 1. The molecule has 0 atom stereocenters. The van der Waals surface area contributed by atoms with Crippen LogP contribution in [0.25, 0.3) is 16.7 Å². The van der Waals surface area contributed by atoms with E-state index in [1.54, 1.807) is 11.7 Å². The zero-order chi connectivity index (χ0) is 34.8. The van der Waals surface area contributed by atoms with Gasteiger partial charge in [-0.05, 0) is 85.1 Å². The highest BCUT2D eigenvalue weighted by molar-refractivity contribution is 6.31. The van der Waals surface area contributed by atoms with E-state index < -0.39 is 0 Å². The van der Waals surface area contributed by atoms with Crippen LogP contribution in [-0.2, 0) is 23.8 Å². The molecule has 0 aliphatic rings. The van der Waals surface area contributed by atoms with Crippen molar-refractivity contribution in [2.45, 2.75) is 84.6 Å². The molecule has 0 amide bonds. The number of hydrogen-bond donors (Lipinski definition) is 5. The average molecular weight is 665 g/mol. The second-order valence-electron chi connectivity index (χ2n) is 13.8. The molecule has 2 aromatic heterocycles. The maximum absolute atomic E-state index is 12.5. The normalized spacial score (nSPS) is 11.7. The van der Waals surface area contributed by atoms with Gasteiger partial charge in [-0.3, -0.25) is 9.56 Å². The van der Waals surface area contributed by atoms with Gasteiger partial charge < -0.3 is 32.2 Å². The quantitative estimate of drug-likeness (QED) is 0.0738. The second-order valence-corrected chi connectivity index (χ2v) is 14.2. The smallest absolute Gasteiger partial charge is 0.354 e. The van der Waals surface area contributed by atoms with Crippen molar-refractivity contribution in [1.29, 1.82) is 0 Å². The standard InChI is InChI=1S/C21H29N7O.C15H24ClNO/c1-21(2,3)17-11-15-13-28(20(29)27-18(15)26-17)16-7-5-14(6-8-16)12-24-9-4-10-25-19(22)23;1-15(2,3)12-9-11(7-5-6-8-17)14(18-4)10-13(12)16/h5-8,11,13,24H,4,9-10,12H2,1-3H3,(H4,22,23,25)(H,26,27,29);9-10H,5-8,17H2,1-4H3. The minimum atomic E-state index is -0.301. The monoisotopic (exact) mass is 664 g/mol. The minimum absolute atomic E-state index is 0.0352. The lowest BCUT2D eigenvalue weighted by atomic mass is 9.85. The highest BCUT2D eigenvalue weighted by Gasteiger charge is 2.20. The number of benzene rings is 2. The zero-order valence-electron chi connectivity index (χ0n) is 29.0.